The maximum Gasteiger partial charge on any atom is 0.151 e. The summed E-state index contributed by atoms with van der Waals surface area (Å²) in [4.78, 5) is 10.7. The van der Waals surface area contributed by atoms with Gasteiger partial charge in [-0.05, 0) is 26.3 Å². The van der Waals surface area contributed by atoms with Crippen molar-refractivity contribution in [2.75, 3.05) is 13.2 Å². The smallest absolute Gasteiger partial charge is 0.151 e. The number of hydrogen-bond acceptors (Lipinski definition) is 6. The van der Waals surface area contributed by atoms with Crippen molar-refractivity contribution in [1.82, 2.24) is 0 Å². The van der Waals surface area contributed by atoms with E-state index < -0.39 is 24.4 Å². The molecule has 0 amide bonds. The van der Waals surface area contributed by atoms with Crippen LogP contribution in [0.4, 0.5) is 0 Å². The molecule has 0 aliphatic rings. The van der Waals surface area contributed by atoms with Gasteiger partial charge in [-0.15, -0.1) is 0 Å². The predicted octanol–water partition coefficient (Wildman–Crippen LogP) is -0.808. The maximum atomic E-state index is 10.7. The monoisotopic (exact) mass is 263 g/mol. The van der Waals surface area contributed by atoms with Gasteiger partial charge in [0.15, 0.2) is 6.29 Å². The standard InChI is InChI=1S/C12H25NO5/c1-9(15)11(16)12(17)10(8-14)18-7-5-3-2-4-6-13/h8-12,15-17H,2-7,13H2,1H3/t9-,10+,11+,12-/m0/s1. The van der Waals surface area contributed by atoms with E-state index in [0.29, 0.717) is 19.4 Å². The van der Waals surface area contributed by atoms with Crippen LogP contribution < -0.4 is 5.73 Å². The Morgan fingerprint density at radius 3 is 2.22 bits per heavy atom. The third kappa shape index (κ3) is 7.03. The van der Waals surface area contributed by atoms with Crippen LogP contribution in [0.5, 0.6) is 0 Å². The second-order valence-corrected chi connectivity index (χ2v) is 4.40. The Balaban J connectivity index is 3.85. The lowest BCUT2D eigenvalue weighted by atomic mass is 10.0. The number of aliphatic hydroxyl groups is 3. The third-order valence-corrected chi connectivity index (χ3v) is 2.72. The van der Waals surface area contributed by atoms with E-state index in [-0.39, 0.29) is 0 Å². The first kappa shape index (κ1) is 17.5. The number of carbonyl (C=O) groups excluding carboxylic acids is 1. The highest BCUT2D eigenvalue weighted by Crippen LogP contribution is 2.08. The molecule has 0 bridgehead atoms. The molecule has 5 N–H and O–H groups in total. The van der Waals surface area contributed by atoms with Gasteiger partial charge in [0.1, 0.15) is 18.3 Å². The zero-order valence-electron chi connectivity index (χ0n) is 10.9. The lowest BCUT2D eigenvalue weighted by Crippen LogP contribution is -2.45. The van der Waals surface area contributed by atoms with E-state index in [4.69, 9.17) is 15.6 Å². The quantitative estimate of drug-likeness (QED) is 0.286. The normalized spacial score (nSPS) is 18.1. The molecule has 0 heterocycles. The number of aldehydes is 1. The summed E-state index contributed by atoms with van der Waals surface area (Å²) in [6.45, 7) is 2.33. The highest BCUT2D eigenvalue weighted by atomic mass is 16.5. The van der Waals surface area contributed by atoms with Gasteiger partial charge in [-0.25, -0.2) is 0 Å². The SMILES string of the molecule is C[C@H](O)[C@@H](O)[C@@H](O)[C@@H](C=O)OCCCCCCN. The van der Waals surface area contributed by atoms with Gasteiger partial charge in [-0.3, -0.25) is 0 Å². The minimum absolute atomic E-state index is 0.331. The molecule has 0 fully saturated rings. The van der Waals surface area contributed by atoms with Crippen LogP contribution >= 0.6 is 0 Å². The fraction of sp³-hybridized carbons (Fsp3) is 0.917. The van der Waals surface area contributed by atoms with Crippen molar-refractivity contribution >= 4 is 6.29 Å². The van der Waals surface area contributed by atoms with E-state index in [0.717, 1.165) is 25.7 Å². The molecule has 0 aliphatic heterocycles. The molecule has 0 spiro atoms. The summed E-state index contributed by atoms with van der Waals surface area (Å²) < 4.78 is 5.18. The highest BCUT2D eigenvalue weighted by Gasteiger charge is 2.29. The Morgan fingerprint density at radius 2 is 1.72 bits per heavy atom. The molecule has 0 aliphatic carbocycles. The van der Waals surface area contributed by atoms with Crippen molar-refractivity contribution < 1.29 is 24.9 Å². The predicted molar refractivity (Wildman–Crippen MR) is 67.0 cm³/mol. The van der Waals surface area contributed by atoms with Gasteiger partial charge in [0.2, 0.25) is 0 Å². The Labute approximate surface area is 108 Å². The van der Waals surface area contributed by atoms with Crippen LogP contribution in [-0.2, 0) is 9.53 Å². The Kier molecular flexibility index (Phi) is 10.1. The molecule has 0 aromatic heterocycles. The molecular formula is C12H25NO5. The number of ether oxygens (including phenoxy) is 1. The van der Waals surface area contributed by atoms with Gasteiger partial charge >= 0.3 is 0 Å². The molecule has 0 aromatic carbocycles. The molecule has 108 valence electrons. The summed E-state index contributed by atoms with van der Waals surface area (Å²) in [6.07, 6.45) is -0.912. The number of unbranched alkanes of at least 4 members (excludes halogenated alkanes) is 3. The van der Waals surface area contributed by atoms with Gasteiger partial charge in [-0.2, -0.15) is 0 Å². The Bertz CT molecular complexity index is 213. The van der Waals surface area contributed by atoms with Crippen molar-refractivity contribution in [3.05, 3.63) is 0 Å². The van der Waals surface area contributed by atoms with Crippen LogP contribution in [0, 0.1) is 0 Å². The van der Waals surface area contributed by atoms with E-state index in [1.807, 2.05) is 0 Å². The number of aliphatic hydroxyl groups excluding tert-OH is 3. The van der Waals surface area contributed by atoms with Gasteiger partial charge in [0, 0.05) is 6.61 Å². The maximum absolute atomic E-state index is 10.7. The minimum Gasteiger partial charge on any atom is -0.391 e. The summed E-state index contributed by atoms with van der Waals surface area (Å²) in [7, 11) is 0. The summed E-state index contributed by atoms with van der Waals surface area (Å²) in [5.74, 6) is 0. The zero-order chi connectivity index (χ0) is 14.0. The van der Waals surface area contributed by atoms with Crippen LogP contribution in [0.1, 0.15) is 32.6 Å². The van der Waals surface area contributed by atoms with E-state index in [1.54, 1.807) is 0 Å². The van der Waals surface area contributed by atoms with Crippen molar-refractivity contribution in [1.29, 1.82) is 0 Å². The topological polar surface area (TPSA) is 113 Å². The summed E-state index contributed by atoms with van der Waals surface area (Å²) >= 11 is 0. The first-order valence-corrected chi connectivity index (χ1v) is 6.35. The average Bonchev–Trinajstić information content (AvgIpc) is 2.36. The van der Waals surface area contributed by atoms with Crippen LogP contribution in [0.25, 0.3) is 0 Å². The molecule has 0 unspecified atom stereocenters. The van der Waals surface area contributed by atoms with Crippen LogP contribution in [0.15, 0.2) is 0 Å². The Morgan fingerprint density at radius 1 is 1.11 bits per heavy atom. The fourth-order valence-corrected chi connectivity index (χ4v) is 1.52. The lowest BCUT2D eigenvalue weighted by molar-refractivity contribution is -0.141. The number of nitrogens with two attached hydrogens (primary N) is 1. The summed E-state index contributed by atoms with van der Waals surface area (Å²) in [5.41, 5.74) is 5.35. The van der Waals surface area contributed by atoms with E-state index in [2.05, 4.69) is 0 Å². The largest absolute Gasteiger partial charge is 0.391 e. The number of rotatable bonds is 11. The number of carbonyl (C=O) groups is 1. The summed E-state index contributed by atoms with van der Waals surface area (Å²) in [6, 6.07) is 0. The molecule has 0 saturated carbocycles. The first-order valence-electron chi connectivity index (χ1n) is 6.35. The molecular weight excluding hydrogens is 238 g/mol. The van der Waals surface area contributed by atoms with Gasteiger partial charge in [0.05, 0.1) is 6.10 Å². The molecule has 6 nitrogen and oxygen atoms in total. The molecule has 0 aromatic rings. The van der Waals surface area contributed by atoms with Crippen LogP contribution in [0.2, 0.25) is 0 Å². The van der Waals surface area contributed by atoms with Crippen molar-refractivity contribution in [2.45, 2.75) is 57.0 Å². The van der Waals surface area contributed by atoms with Crippen molar-refractivity contribution in [3.8, 4) is 0 Å². The van der Waals surface area contributed by atoms with Crippen molar-refractivity contribution in [3.63, 3.8) is 0 Å². The molecule has 0 radical (unpaired) electrons. The van der Waals surface area contributed by atoms with E-state index in [1.165, 1.54) is 6.92 Å². The van der Waals surface area contributed by atoms with E-state index >= 15 is 0 Å². The van der Waals surface area contributed by atoms with Crippen molar-refractivity contribution in [2.24, 2.45) is 5.73 Å². The van der Waals surface area contributed by atoms with Gasteiger partial charge < -0.3 is 30.6 Å². The summed E-state index contributed by atoms with van der Waals surface area (Å²) in [5, 5.41) is 28.1. The highest BCUT2D eigenvalue weighted by molar-refractivity contribution is 5.57. The minimum atomic E-state index is -1.41. The molecule has 6 heteroatoms. The lowest BCUT2D eigenvalue weighted by Gasteiger charge is -2.24. The zero-order valence-corrected chi connectivity index (χ0v) is 10.9. The Hall–Kier alpha value is -0.530. The first-order chi connectivity index (χ1) is 8.54. The van der Waals surface area contributed by atoms with Gasteiger partial charge in [-0.1, -0.05) is 12.8 Å². The third-order valence-electron chi connectivity index (χ3n) is 2.72. The van der Waals surface area contributed by atoms with Gasteiger partial charge in [0.25, 0.3) is 0 Å². The molecule has 4 atom stereocenters. The second-order valence-electron chi connectivity index (χ2n) is 4.40. The van der Waals surface area contributed by atoms with E-state index in [9.17, 15) is 15.0 Å². The van der Waals surface area contributed by atoms with Crippen LogP contribution in [0.3, 0.4) is 0 Å². The second kappa shape index (κ2) is 10.4. The molecule has 0 saturated heterocycles. The average molecular weight is 263 g/mol. The molecule has 18 heavy (non-hydrogen) atoms. The number of hydrogen-bond donors (Lipinski definition) is 4. The van der Waals surface area contributed by atoms with Crippen LogP contribution in [-0.4, -0.2) is 59.2 Å². The fourth-order valence-electron chi connectivity index (χ4n) is 1.52. The molecule has 0 rings (SSSR count).